The number of rotatable bonds is 7. The summed E-state index contributed by atoms with van der Waals surface area (Å²) in [6.07, 6.45) is 2.08. The fraction of sp³-hybridized carbons (Fsp3) is 0.400. The number of piperidine rings is 1. The van der Waals surface area contributed by atoms with Crippen molar-refractivity contribution in [1.29, 1.82) is 0 Å². The standard InChI is InChI=1S/C25H33N5O2/c1-4-26-25(27-17-20-13-18-7-5-6-8-24(18)28-20)29-19-9-11-30(12-10-19)21-14-22(31-2)16-23(15-21)32-3/h5-8,13-16,19,28H,4,9-12,17H2,1-3H3,(H2,26,27,29). The normalized spacial score (nSPS) is 15.1. The van der Waals surface area contributed by atoms with E-state index in [1.165, 1.54) is 5.39 Å². The molecule has 1 aliphatic rings. The highest BCUT2D eigenvalue weighted by molar-refractivity contribution is 5.81. The molecule has 1 aliphatic heterocycles. The highest BCUT2D eigenvalue weighted by atomic mass is 16.5. The fourth-order valence-electron chi connectivity index (χ4n) is 4.15. The molecule has 1 aromatic heterocycles. The summed E-state index contributed by atoms with van der Waals surface area (Å²) in [5.41, 5.74) is 3.40. The van der Waals surface area contributed by atoms with E-state index in [2.05, 4.69) is 63.8 Å². The van der Waals surface area contributed by atoms with Crippen molar-refractivity contribution in [2.75, 3.05) is 38.8 Å². The number of aromatic nitrogens is 1. The molecule has 1 fully saturated rings. The zero-order valence-corrected chi connectivity index (χ0v) is 19.1. The van der Waals surface area contributed by atoms with Crippen molar-refractivity contribution in [2.45, 2.75) is 32.4 Å². The van der Waals surface area contributed by atoms with Gasteiger partial charge in [0, 0.05) is 60.8 Å². The van der Waals surface area contributed by atoms with E-state index in [0.717, 1.165) is 66.8 Å². The SMILES string of the molecule is CCNC(=NCc1cc2ccccc2[nH]1)NC1CCN(c2cc(OC)cc(OC)c2)CC1. The molecule has 32 heavy (non-hydrogen) atoms. The van der Waals surface area contributed by atoms with Crippen molar-refractivity contribution in [3.05, 3.63) is 54.2 Å². The van der Waals surface area contributed by atoms with Gasteiger partial charge in [-0.2, -0.15) is 0 Å². The molecule has 1 saturated heterocycles. The summed E-state index contributed by atoms with van der Waals surface area (Å²) in [5.74, 6) is 2.50. The molecule has 0 radical (unpaired) electrons. The number of methoxy groups -OCH3 is 2. The smallest absolute Gasteiger partial charge is 0.191 e. The minimum absolute atomic E-state index is 0.388. The number of hydrogen-bond donors (Lipinski definition) is 3. The van der Waals surface area contributed by atoms with Gasteiger partial charge < -0.3 is 30.0 Å². The largest absolute Gasteiger partial charge is 0.497 e. The number of benzene rings is 2. The molecule has 0 bridgehead atoms. The lowest BCUT2D eigenvalue weighted by Gasteiger charge is -2.34. The van der Waals surface area contributed by atoms with Crippen molar-refractivity contribution in [3.8, 4) is 11.5 Å². The maximum atomic E-state index is 5.43. The lowest BCUT2D eigenvalue weighted by Crippen LogP contribution is -2.48. The topological polar surface area (TPSA) is 73.9 Å². The molecule has 0 atom stereocenters. The Bertz CT molecular complexity index is 998. The molecule has 4 rings (SSSR count). The second kappa shape index (κ2) is 10.3. The van der Waals surface area contributed by atoms with Crippen LogP contribution in [0.1, 0.15) is 25.5 Å². The molecule has 0 spiro atoms. The Morgan fingerprint density at radius 3 is 2.44 bits per heavy atom. The number of hydrogen-bond acceptors (Lipinski definition) is 4. The van der Waals surface area contributed by atoms with Gasteiger partial charge in [0.15, 0.2) is 5.96 Å². The molecule has 2 aromatic carbocycles. The minimum Gasteiger partial charge on any atom is -0.497 e. The van der Waals surface area contributed by atoms with E-state index in [1.54, 1.807) is 14.2 Å². The van der Waals surface area contributed by atoms with Gasteiger partial charge in [-0.05, 0) is 37.3 Å². The Labute approximate surface area is 189 Å². The first-order chi connectivity index (χ1) is 15.7. The zero-order valence-electron chi connectivity index (χ0n) is 19.1. The fourth-order valence-corrected chi connectivity index (χ4v) is 4.15. The molecule has 0 aliphatic carbocycles. The van der Waals surface area contributed by atoms with Gasteiger partial charge in [-0.3, -0.25) is 0 Å². The van der Waals surface area contributed by atoms with Crippen LogP contribution in [0.3, 0.4) is 0 Å². The highest BCUT2D eigenvalue weighted by Gasteiger charge is 2.21. The molecule has 0 saturated carbocycles. The van der Waals surface area contributed by atoms with Gasteiger partial charge in [0.2, 0.25) is 0 Å². The van der Waals surface area contributed by atoms with Crippen LogP contribution in [-0.2, 0) is 6.54 Å². The first-order valence-electron chi connectivity index (χ1n) is 11.3. The van der Waals surface area contributed by atoms with Crippen LogP contribution in [-0.4, -0.2) is 50.8 Å². The average molecular weight is 436 g/mol. The van der Waals surface area contributed by atoms with Crippen molar-refractivity contribution in [2.24, 2.45) is 4.99 Å². The number of para-hydroxylation sites is 1. The molecule has 3 aromatic rings. The monoisotopic (exact) mass is 435 g/mol. The molecule has 170 valence electrons. The number of fused-ring (bicyclic) bond motifs is 1. The molecule has 0 unspecified atom stereocenters. The number of H-pyrrole nitrogens is 1. The number of anilines is 1. The van der Waals surface area contributed by atoms with Gasteiger partial charge in [0.05, 0.1) is 20.8 Å². The first kappa shape index (κ1) is 21.9. The van der Waals surface area contributed by atoms with E-state index < -0.39 is 0 Å². The summed E-state index contributed by atoms with van der Waals surface area (Å²) in [7, 11) is 3.37. The third-order valence-corrected chi connectivity index (χ3v) is 5.87. The van der Waals surface area contributed by atoms with Crippen LogP contribution in [0.4, 0.5) is 5.69 Å². The van der Waals surface area contributed by atoms with E-state index in [1.807, 2.05) is 12.1 Å². The summed E-state index contributed by atoms with van der Waals surface area (Å²) < 4.78 is 10.9. The third kappa shape index (κ3) is 5.28. The van der Waals surface area contributed by atoms with Gasteiger partial charge in [0.1, 0.15) is 11.5 Å². The van der Waals surface area contributed by atoms with Crippen molar-refractivity contribution in [1.82, 2.24) is 15.6 Å². The number of aliphatic imine (C=N–C) groups is 1. The molecule has 7 heteroatoms. The first-order valence-corrected chi connectivity index (χ1v) is 11.3. The Balaban J connectivity index is 1.36. The third-order valence-electron chi connectivity index (χ3n) is 5.87. The average Bonchev–Trinajstić information content (AvgIpc) is 3.26. The van der Waals surface area contributed by atoms with E-state index in [0.29, 0.717) is 12.6 Å². The lowest BCUT2D eigenvalue weighted by atomic mass is 10.0. The van der Waals surface area contributed by atoms with Crippen molar-refractivity contribution in [3.63, 3.8) is 0 Å². The molecular formula is C25H33N5O2. The highest BCUT2D eigenvalue weighted by Crippen LogP contribution is 2.30. The summed E-state index contributed by atoms with van der Waals surface area (Å²) in [4.78, 5) is 10.6. The molecule has 0 amide bonds. The second-order valence-corrected chi connectivity index (χ2v) is 8.05. The van der Waals surface area contributed by atoms with Crippen LogP contribution in [0.2, 0.25) is 0 Å². The van der Waals surface area contributed by atoms with Crippen LogP contribution in [0.5, 0.6) is 11.5 Å². The van der Waals surface area contributed by atoms with Crippen LogP contribution in [0.25, 0.3) is 10.9 Å². The maximum absolute atomic E-state index is 5.43. The number of nitrogens with zero attached hydrogens (tertiary/aromatic N) is 2. The molecule has 3 N–H and O–H groups in total. The number of guanidine groups is 1. The van der Waals surface area contributed by atoms with Crippen LogP contribution < -0.4 is 25.0 Å². The molecule has 2 heterocycles. The molecule has 7 nitrogen and oxygen atoms in total. The Hall–Kier alpha value is -3.35. The zero-order chi connectivity index (χ0) is 22.3. The van der Waals surface area contributed by atoms with Gasteiger partial charge in [-0.25, -0.2) is 4.99 Å². The van der Waals surface area contributed by atoms with Gasteiger partial charge >= 0.3 is 0 Å². The predicted molar refractivity (Wildman–Crippen MR) is 131 cm³/mol. The quantitative estimate of drug-likeness (QED) is 0.388. The van der Waals surface area contributed by atoms with E-state index in [4.69, 9.17) is 14.5 Å². The molecular weight excluding hydrogens is 402 g/mol. The van der Waals surface area contributed by atoms with E-state index >= 15 is 0 Å². The Morgan fingerprint density at radius 2 is 1.78 bits per heavy atom. The van der Waals surface area contributed by atoms with Gasteiger partial charge in [-0.15, -0.1) is 0 Å². The summed E-state index contributed by atoms with van der Waals surface area (Å²) in [6.45, 7) is 5.48. The van der Waals surface area contributed by atoms with Gasteiger partial charge in [-0.1, -0.05) is 18.2 Å². The number of nitrogens with one attached hydrogen (secondary N) is 3. The van der Waals surface area contributed by atoms with Crippen molar-refractivity contribution >= 4 is 22.5 Å². The van der Waals surface area contributed by atoms with Crippen molar-refractivity contribution < 1.29 is 9.47 Å². The maximum Gasteiger partial charge on any atom is 0.191 e. The Kier molecular flexibility index (Phi) is 7.04. The minimum atomic E-state index is 0.388. The van der Waals surface area contributed by atoms with Gasteiger partial charge in [0.25, 0.3) is 0 Å². The van der Waals surface area contributed by atoms with E-state index in [-0.39, 0.29) is 0 Å². The Morgan fingerprint density at radius 1 is 1.06 bits per heavy atom. The summed E-state index contributed by atoms with van der Waals surface area (Å²) >= 11 is 0. The lowest BCUT2D eigenvalue weighted by molar-refractivity contribution is 0.393. The predicted octanol–water partition coefficient (Wildman–Crippen LogP) is 3.91. The second-order valence-electron chi connectivity index (χ2n) is 8.05. The summed E-state index contributed by atoms with van der Waals surface area (Å²) in [6, 6.07) is 16.9. The van der Waals surface area contributed by atoms with Crippen LogP contribution in [0, 0.1) is 0 Å². The van der Waals surface area contributed by atoms with E-state index in [9.17, 15) is 0 Å². The summed E-state index contributed by atoms with van der Waals surface area (Å²) in [5, 5.41) is 8.23. The number of aromatic amines is 1. The van der Waals surface area contributed by atoms with Crippen LogP contribution >= 0.6 is 0 Å². The number of ether oxygens (including phenoxy) is 2. The van der Waals surface area contributed by atoms with Crippen LogP contribution in [0.15, 0.2) is 53.5 Å².